The Hall–Kier alpha value is -2.63. The number of nitrogens with zero attached hydrogens (tertiary/aromatic N) is 2. The molecule has 0 saturated heterocycles. The van der Waals surface area contributed by atoms with Gasteiger partial charge in [-0.25, -0.2) is 4.79 Å². The fourth-order valence-electron chi connectivity index (χ4n) is 1.77. The van der Waals surface area contributed by atoms with Crippen LogP contribution in [0.25, 0.3) is 22.4 Å². The normalized spacial score (nSPS) is 10.9. The highest BCUT2D eigenvalue weighted by Crippen LogP contribution is 2.29. The SMILES string of the molecule is Cc1c(-c2cc3ccncc3o2)noc1C(=O)O. The molecule has 1 N–H and O–H groups in total. The molecule has 0 fully saturated rings. The van der Waals surface area contributed by atoms with Gasteiger partial charge in [-0.05, 0) is 19.1 Å². The lowest BCUT2D eigenvalue weighted by molar-refractivity contribution is 0.0651. The van der Waals surface area contributed by atoms with E-state index in [1.807, 2.05) is 0 Å². The molecule has 0 bridgehead atoms. The van der Waals surface area contributed by atoms with E-state index in [0.29, 0.717) is 22.6 Å². The maximum Gasteiger partial charge on any atom is 0.375 e. The zero-order valence-corrected chi connectivity index (χ0v) is 9.38. The highest BCUT2D eigenvalue weighted by Gasteiger charge is 2.21. The molecule has 0 aliphatic heterocycles. The predicted octanol–water partition coefficient (Wildman–Crippen LogP) is 2.49. The van der Waals surface area contributed by atoms with E-state index in [-0.39, 0.29) is 5.76 Å². The standard InChI is InChI=1S/C12H8N2O4/c1-6-10(14-18-11(6)12(15)16)8-4-7-2-3-13-5-9(7)17-8/h2-5H,1H3,(H,15,16). The van der Waals surface area contributed by atoms with Crippen molar-refractivity contribution in [2.24, 2.45) is 0 Å². The van der Waals surface area contributed by atoms with Crippen molar-refractivity contribution in [1.82, 2.24) is 10.1 Å². The van der Waals surface area contributed by atoms with Gasteiger partial charge in [0, 0.05) is 17.1 Å². The van der Waals surface area contributed by atoms with E-state index in [4.69, 9.17) is 14.0 Å². The van der Waals surface area contributed by atoms with Gasteiger partial charge >= 0.3 is 5.97 Å². The van der Waals surface area contributed by atoms with Crippen LogP contribution in [0.3, 0.4) is 0 Å². The first-order valence-corrected chi connectivity index (χ1v) is 5.20. The molecule has 0 spiro atoms. The molecule has 18 heavy (non-hydrogen) atoms. The second-order valence-electron chi connectivity index (χ2n) is 3.81. The van der Waals surface area contributed by atoms with Crippen LogP contribution in [0, 0.1) is 6.92 Å². The molecule has 0 saturated carbocycles. The summed E-state index contributed by atoms with van der Waals surface area (Å²) in [4.78, 5) is 14.8. The molecule has 0 atom stereocenters. The van der Waals surface area contributed by atoms with Gasteiger partial charge in [-0.15, -0.1) is 0 Å². The Balaban J connectivity index is 2.17. The molecule has 3 heterocycles. The molecule has 3 aromatic rings. The number of aromatic carboxylic acids is 1. The number of carboxylic acid groups (broad SMARTS) is 1. The minimum atomic E-state index is -1.15. The Morgan fingerprint density at radius 2 is 2.28 bits per heavy atom. The number of pyridine rings is 1. The number of carbonyl (C=O) groups is 1. The number of aromatic nitrogens is 2. The maximum atomic E-state index is 10.9. The van der Waals surface area contributed by atoms with Gasteiger partial charge in [0.25, 0.3) is 0 Å². The summed E-state index contributed by atoms with van der Waals surface area (Å²) in [5, 5.41) is 13.5. The van der Waals surface area contributed by atoms with Crippen molar-refractivity contribution in [2.75, 3.05) is 0 Å². The third kappa shape index (κ3) is 1.46. The van der Waals surface area contributed by atoms with Crippen molar-refractivity contribution in [3.05, 3.63) is 35.9 Å². The van der Waals surface area contributed by atoms with E-state index in [1.54, 1.807) is 31.5 Å². The number of hydrogen-bond donors (Lipinski definition) is 1. The maximum absolute atomic E-state index is 10.9. The molecular formula is C12H8N2O4. The van der Waals surface area contributed by atoms with Gasteiger partial charge in [0.2, 0.25) is 5.76 Å². The number of fused-ring (bicyclic) bond motifs is 1. The van der Waals surface area contributed by atoms with Gasteiger partial charge < -0.3 is 14.0 Å². The third-order valence-corrected chi connectivity index (χ3v) is 2.67. The summed E-state index contributed by atoms with van der Waals surface area (Å²) >= 11 is 0. The summed E-state index contributed by atoms with van der Waals surface area (Å²) in [6.45, 7) is 1.63. The van der Waals surface area contributed by atoms with Crippen LogP contribution in [-0.2, 0) is 0 Å². The Morgan fingerprint density at radius 3 is 2.94 bits per heavy atom. The molecule has 0 aliphatic carbocycles. The van der Waals surface area contributed by atoms with Gasteiger partial charge in [-0.2, -0.15) is 0 Å². The molecule has 3 aromatic heterocycles. The summed E-state index contributed by atoms with van der Waals surface area (Å²) in [7, 11) is 0. The van der Waals surface area contributed by atoms with E-state index in [9.17, 15) is 4.79 Å². The molecule has 0 unspecified atom stereocenters. The van der Waals surface area contributed by atoms with Crippen molar-refractivity contribution in [3.8, 4) is 11.5 Å². The Morgan fingerprint density at radius 1 is 1.44 bits per heavy atom. The van der Waals surface area contributed by atoms with Crippen LogP contribution in [0.15, 0.2) is 33.5 Å². The van der Waals surface area contributed by atoms with Crippen LogP contribution >= 0.6 is 0 Å². The molecule has 0 aromatic carbocycles. The molecule has 0 aliphatic rings. The number of furan rings is 1. The number of carboxylic acids is 1. The lowest BCUT2D eigenvalue weighted by atomic mass is 10.1. The quantitative estimate of drug-likeness (QED) is 0.744. The second kappa shape index (κ2) is 3.69. The highest BCUT2D eigenvalue weighted by atomic mass is 16.5. The number of rotatable bonds is 2. The van der Waals surface area contributed by atoms with Gasteiger partial charge in [0.15, 0.2) is 17.0 Å². The fourth-order valence-corrected chi connectivity index (χ4v) is 1.77. The van der Waals surface area contributed by atoms with E-state index in [1.165, 1.54) is 0 Å². The lowest BCUT2D eigenvalue weighted by Gasteiger charge is -1.90. The smallest absolute Gasteiger partial charge is 0.375 e. The predicted molar refractivity (Wildman–Crippen MR) is 61.2 cm³/mol. The summed E-state index contributed by atoms with van der Waals surface area (Å²) < 4.78 is 10.3. The molecular weight excluding hydrogens is 236 g/mol. The first kappa shape index (κ1) is 10.5. The molecule has 3 rings (SSSR count). The zero-order chi connectivity index (χ0) is 12.7. The summed E-state index contributed by atoms with van der Waals surface area (Å²) in [6, 6.07) is 3.57. The first-order chi connectivity index (χ1) is 8.66. The summed E-state index contributed by atoms with van der Waals surface area (Å²) in [5.41, 5.74) is 1.45. The van der Waals surface area contributed by atoms with Gasteiger partial charge in [0.05, 0.1) is 6.20 Å². The van der Waals surface area contributed by atoms with Crippen LogP contribution in [-0.4, -0.2) is 21.2 Å². The molecule has 6 nitrogen and oxygen atoms in total. The molecule has 6 heteroatoms. The topological polar surface area (TPSA) is 89.4 Å². The average Bonchev–Trinajstić information content (AvgIpc) is 2.91. The minimum Gasteiger partial charge on any atom is -0.475 e. The largest absolute Gasteiger partial charge is 0.475 e. The van der Waals surface area contributed by atoms with E-state index in [2.05, 4.69) is 10.1 Å². The van der Waals surface area contributed by atoms with E-state index >= 15 is 0 Å². The second-order valence-corrected chi connectivity index (χ2v) is 3.81. The Kier molecular flexibility index (Phi) is 2.16. The fraction of sp³-hybridized carbons (Fsp3) is 0.0833. The third-order valence-electron chi connectivity index (χ3n) is 2.67. The van der Waals surface area contributed by atoms with E-state index < -0.39 is 5.97 Å². The van der Waals surface area contributed by atoms with Gasteiger partial charge in [0.1, 0.15) is 0 Å². The minimum absolute atomic E-state index is 0.177. The Labute approximate surface area is 101 Å². The van der Waals surface area contributed by atoms with Crippen LogP contribution in [0.4, 0.5) is 0 Å². The molecule has 0 radical (unpaired) electrons. The molecule has 90 valence electrons. The van der Waals surface area contributed by atoms with Crippen molar-refractivity contribution in [2.45, 2.75) is 6.92 Å². The van der Waals surface area contributed by atoms with E-state index in [0.717, 1.165) is 5.39 Å². The van der Waals surface area contributed by atoms with Crippen molar-refractivity contribution in [3.63, 3.8) is 0 Å². The highest BCUT2D eigenvalue weighted by molar-refractivity contribution is 5.89. The zero-order valence-electron chi connectivity index (χ0n) is 9.38. The van der Waals surface area contributed by atoms with Crippen LogP contribution in [0.2, 0.25) is 0 Å². The van der Waals surface area contributed by atoms with Crippen molar-refractivity contribution < 1.29 is 18.8 Å². The Bertz CT molecular complexity index is 708. The average molecular weight is 244 g/mol. The van der Waals surface area contributed by atoms with Gasteiger partial charge in [-0.1, -0.05) is 5.16 Å². The monoisotopic (exact) mass is 244 g/mol. The van der Waals surface area contributed by atoms with Crippen LogP contribution < -0.4 is 0 Å². The lowest BCUT2D eigenvalue weighted by Crippen LogP contribution is -1.95. The summed E-state index contributed by atoms with van der Waals surface area (Å²) in [5.74, 6) is -0.862. The van der Waals surface area contributed by atoms with Crippen LogP contribution in [0.5, 0.6) is 0 Å². The first-order valence-electron chi connectivity index (χ1n) is 5.20. The van der Waals surface area contributed by atoms with Crippen molar-refractivity contribution in [1.29, 1.82) is 0 Å². The summed E-state index contributed by atoms with van der Waals surface area (Å²) in [6.07, 6.45) is 3.24. The van der Waals surface area contributed by atoms with Crippen molar-refractivity contribution >= 4 is 16.9 Å². The van der Waals surface area contributed by atoms with Gasteiger partial charge in [-0.3, -0.25) is 4.98 Å². The number of hydrogen-bond acceptors (Lipinski definition) is 5. The van der Waals surface area contributed by atoms with Crippen LogP contribution in [0.1, 0.15) is 16.1 Å². The molecule has 0 amide bonds.